The number of carbonyl (C=O) groups is 2. The summed E-state index contributed by atoms with van der Waals surface area (Å²) < 4.78 is 0. The summed E-state index contributed by atoms with van der Waals surface area (Å²) in [6.07, 6.45) is 0. The first-order valence-electron chi connectivity index (χ1n) is 8.10. The lowest BCUT2D eigenvalue weighted by molar-refractivity contribution is -0.885. The highest BCUT2D eigenvalue weighted by molar-refractivity contribution is 6.30. The van der Waals surface area contributed by atoms with E-state index in [1.54, 1.807) is 31.2 Å². The second-order valence-corrected chi connectivity index (χ2v) is 6.60. The number of benzene rings is 2. The summed E-state index contributed by atoms with van der Waals surface area (Å²) in [6, 6.07) is 14.2. The van der Waals surface area contributed by atoms with Crippen molar-refractivity contribution in [3.63, 3.8) is 0 Å². The topological polar surface area (TPSA) is 62.6 Å². The lowest BCUT2D eigenvalue weighted by Crippen LogP contribution is -3.14. The van der Waals surface area contributed by atoms with Crippen molar-refractivity contribution >= 4 is 34.8 Å². The minimum atomic E-state index is -0.386. The van der Waals surface area contributed by atoms with E-state index in [1.807, 2.05) is 38.2 Å². The highest BCUT2D eigenvalue weighted by Crippen LogP contribution is 2.14. The van der Waals surface area contributed by atoms with Crippen LogP contribution in [0.2, 0.25) is 5.02 Å². The number of hydrogen-bond donors (Lipinski definition) is 3. The van der Waals surface area contributed by atoms with Crippen molar-refractivity contribution in [2.75, 3.05) is 24.2 Å². The van der Waals surface area contributed by atoms with Gasteiger partial charge in [0.1, 0.15) is 0 Å². The van der Waals surface area contributed by atoms with E-state index < -0.39 is 0 Å². The number of hydrogen-bond acceptors (Lipinski definition) is 2. The molecule has 1 unspecified atom stereocenters. The lowest BCUT2D eigenvalue weighted by atomic mass is 10.2. The first-order chi connectivity index (χ1) is 11.8. The molecule has 0 aliphatic heterocycles. The van der Waals surface area contributed by atoms with Crippen molar-refractivity contribution in [1.82, 2.24) is 0 Å². The number of quaternary nitrogens is 1. The Morgan fingerprint density at radius 3 is 2.40 bits per heavy atom. The third-order valence-corrected chi connectivity index (χ3v) is 4.23. The fraction of sp³-hybridized carbons (Fsp3) is 0.263. The van der Waals surface area contributed by atoms with E-state index in [0.29, 0.717) is 10.7 Å². The lowest BCUT2D eigenvalue weighted by Gasteiger charge is -2.20. The molecule has 2 amide bonds. The average molecular weight is 361 g/mol. The molecule has 2 aromatic carbocycles. The van der Waals surface area contributed by atoms with Crippen LogP contribution in [0.3, 0.4) is 0 Å². The molecule has 0 saturated heterocycles. The Balaban J connectivity index is 1.88. The molecule has 0 spiro atoms. The molecule has 2 aromatic rings. The summed E-state index contributed by atoms with van der Waals surface area (Å²) in [7, 11) is 1.82. The van der Waals surface area contributed by atoms with Crippen LogP contribution >= 0.6 is 11.6 Å². The van der Waals surface area contributed by atoms with Gasteiger partial charge >= 0.3 is 0 Å². The molecule has 0 aliphatic carbocycles. The van der Waals surface area contributed by atoms with Gasteiger partial charge in [0.15, 0.2) is 12.6 Å². The van der Waals surface area contributed by atoms with Crippen LogP contribution in [0.25, 0.3) is 0 Å². The molecule has 0 fully saturated rings. The van der Waals surface area contributed by atoms with Crippen LogP contribution in [0.5, 0.6) is 0 Å². The summed E-state index contributed by atoms with van der Waals surface area (Å²) >= 11 is 5.92. The van der Waals surface area contributed by atoms with Gasteiger partial charge in [-0.15, -0.1) is 0 Å². The summed E-state index contributed by atoms with van der Waals surface area (Å²) in [4.78, 5) is 25.3. The van der Waals surface area contributed by atoms with Gasteiger partial charge in [-0.2, -0.15) is 0 Å². The molecule has 6 heteroatoms. The second kappa shape index (κ2) is 8.65. The fourth-order valence-electron chi connectivity index (χ4n) is 2.29. The monoisotopic (exact) mass is 360 g/mol. The van der Waals surface area contributed by atoms with E-state index >= 15 is 0 Å². The van der Waals surface area contributed by atoms with Gasteiger partial charge in [0, 0.05) is 16.4 Å². The van der Waals surface area contributed by atoms with Gasteiger partial charge in [0.05, 0.1) is 7.05 Å². The zero-order chi connectivity index (χ0) is 18.4. The Bertz CT molecular complexity index is 747. The predicted molar refractivity (Wildman–Crippen MR) is 101 cm³/mol. The highest BCUT2D eigenvalue weighted by atomic mass is 35.5. The van der Waals surface area contributed by atoms with Crippen LogP contribution in [0.4, 0.5) is 11.4 Å². The Kier molecular flexibility index (Phi) is 6.56. The molecule has 0 heterocycles. The molecule has 5 nitrogen and oxygen atoms in total. The standard InChI is InChI=1S/C19H22ClN3O2/c1-13-7-9-16(10-8-13)21-18(24)12-23(3)14(2)19(25)22-17-6-4-5-15(20)11-17/h4-11,14H,12H2,1-3H3,(H,21,24)(H,22,25)/p+1/t14-/m0/s1. The first kappa shape index (κ1) is 19.0. The Morgan fingerprint density at radius 2 is 1.76 bits per heavy atom. The van der Waals surface area contributed by atoms with Gasteiger partial charge < -0.3 is 15.5 Å². The van der Waals surface area contributed by atoms with Gasteiger partial charge in [-0.3, -0.25) is 9.59 Å². The molecule has 0 radical (unpaired) electrons. The first-order valence-corrected chi connectivity index (χ1v) is 8.48. The molecule has 0 bridgehead atoms. The van der Waals surface area contributed by atoms with Crippen molar-refractivity contribution in [3.05, 3.63) is 59.1 Å². The third kappa shape index (κ3) is 5.89. The summed E-state index contributed by atoms with van der Waals surface area (Å²) in [5.74, 6) is -0.299. The molecule has 2 rings (SSSR count). The van der Waals surface area contributed by atoms with Crippen LogP contribution in [0, 0.1) is 6.92 Å². The summed E-state index contributed by atoms with van der Waals surface area (Å²) in [5, 5.41) is 6.22. The second-order valence-electron chi connectivity index (χ2n) is 6.16. The number of likely N-dealkylation sites (N-methyl/N-ethyl adjacent to an activating group) is 1. The number of aryl methyl sites for hydroxylation is 1. The summed E-state index contributed by atoms with van der Waals surface area (Å²) in [6.45, 7) is 3.97. The Labute approximate surface area is 153 Å². The number of carbonyl (C=O) groups excluding carboxylic acids is 2. The number of halogens is 1. The van der Waals surface area contributed by atoms with Gasteiger partial charge in [-0.1, -0.05) is 35.4 Å². The molecular weight excluding hydrogens is 338 g/mol. The van der Waals surface area contributed by atoms with Gasteiger partial charge in [-0.25, -0.2) is 0 Å². The van der Waals surface area contributed by atoms with Crippen LogP contribution in [0.1, 0.15) is 12.5 Å². The molecular formula is C19H23ClN3O2+. The minimum absolute atomic E-state index is 0.135. The minimum Gasteiger partial charge on any atom is -0.321 e. The molecule has 2 atom stereocenters. The van der Waals surface area contributed by atoms with Gasteiger partial charge in [0.25, 0.3) is 11.8 Å². The molecule has 132 valence electrons. The molecule has 0 aliphatic rings. The van der Waals surface area contributed by atoms with E-state index in [2.05, 4.69) is 10.6 Å². The molecule has 0 aromatic heterocycles. The Morgan fingerprint density at radius 1 is 1.08 bits per heavy atom. The van der Waals surface area contributed by atoms with E-state index in [-0.39, 0.29) is 24.4 Å². The third-order valence-electron chi connectivity index (χ3n) is 4.00. The maximum atomic E-state index is 12.3. The van der Waals surface area contributed by atoms with Gasteiger partial charge in [-0.05, 0) is 44.2 Å². The van der Waals surface area contributed by atoms with Crippen LogP contribution < -0.4 is 15.5 Å². The highest BCUT2D eigenvalue weighted by Gasteiger charge is 2.24. The Hall–Kier alpha value is -2.37. The van der Waals surface area contributed by atoms with Crippen molar-refractivity contribution in [2.45, 2.75) is 19.9 Å². The number of nitrogens with one attached hydrogen (secondary N) is 3. The molecule has 0 saturated carbocycles. The number of rotatable bonds is 6. The van der Waals surface area contributed by atoms with Crippen molar-refractivity contribution in [3.8, 4) is 0 Å². The maximum absolute atomic E-state index is 12.3. The van der Waals surface area contributed by atoms with E-state index in [9.17, 15) is 9.59 Å². The van der Waals surface area contributed by atoms with Crippen LogP contribution in [-0.2, 0) is 9.59 Å². The largest absolute Gasteiger partial charge is 0.321 e. The van der Waals surface area contributed by atoms with Crippen molar-refractivity contribution in [1.29, 1.82) is 0 Å². The zero-order valence-corrected chi connectivity index (χ0v) is 15.4. The predicted octanol–water partition coefficient (Wildman–Crippen LogP) is 2.13. The SMILES string of the molecule is Cc1ccc(NC(=O)C[NH+](C)[C@@H](C)C(=O)Nc2cccc(Cl)c2)cc1. The van der Waals surface area contributed by atoms with E-state index in [1.165, 1.54) is 0 Å². The number of anilines is 2. The average Bonchev–Trinajstić information content (AvgIpc) is 2.56. The fourth-order valence-corrected chi connectivity index (χ4v) is 2.48. The number of amides is 2. The van der Waals surface area contributed by atoms with E-state index in [4.69, 9.17) is 11.6 Å². The smallest absolute Gasteiger partial charge is 0.282 e. The van der Waals surface area contributed by atoms with Crippen LogP contribution in [0.15, 0.2) is 48.5 Å². The molecule has 3 N–H and O–H groups in total. The maximum Gasteiger partial charge on any atom is 0.282 e. The quantitative estimate of drug-likeness (QED) is 0.739. The van der Waals surface area contributed by atoms with E-state index in [0.717, 1.165) is 16.2 Å². The molecule has 25 heavy (non-hydrogen) atoms. The van der Waals surface area contributed by atoms with Crippen molar-refractivity contribution in [2.24, 2.45) is 0 Å². The summed E-state index contributed by atoms with van der Waals surface area (Å²) in [5.41, 5.74) is 2.52. The van der Waals surface area contributed by atoms with Crippen LogP contribution in [-0.4, -0.2) is 31.4 Å². The van der Waals surface area contributed by atoms with Gasteiger partial charge in [0.2, 0.25) is 0 Å². The van der Waals surface area contributed by atoms with Crippen molar-refractivity contribution < 1.29 is 14.5 Å². The normalized spacial score (nSPS) is 13.0. The zero-order valence-electron chi connectivity index (χ0n) is 14.6.